The van der Waals surface area contributed by atoms with Crippen molar-refractivity contribution in [1.82, 2.24) is 89.4 Å². The smallest absolute Gasteiger partial charge is 0.324 e. The summed E-state index contributed by atoms with van der Waals surface area (Å²) >= 11 is 0. The number of rotatable bonds is 26. The van der Waals surface area contributed by atoms with Crippen LogP contribution in [0.4, 0.5) is 45.1 Å². The molecule has 132 heavy (non-hydrogen) atoms. The molecule has 3 fully saturated rings. The molecule has 3 aliphatic rings. The Morgan fingerprint density at radius 2 is 0.780 bits per heavy atom. The summed E-state index contributed by atoms with van der Waals surface area (Å²) in [7, 11) is 0. The summed E-state index contributed by atoms with van der Waals surface area (Å²) in [6, 6.07) is 50.4. The molecule has 9 aromatic heterocycles. The molecule has 35 nitrogen and oxygen atoms in total. The maximum Gasteiger partial charge on any atom is 0.324 e. The van der Waals surface area contributed by atoms with E-state index in [1.54, 1.807) is 32.2 Å². The average molecular weight is 1790 g/mol. The Morgan fingerprint density at radius 1 is 0.379 bits per heavy atom. The van der Waals surface area contributed by atoms with Gasteiger partial charge in [0.15, 0.2) is 22.8 Å². The number of benzene rings is 6. The minimum atomic E-state index is -0.452. The van der Waals surface area contributed by atoms with Crippen LogP contribution in [0.2, 0.25) is 0 Å². The molecule has 4 amide bonds. The number of carbonyl (C=O) groups excluding carboxylic acids is 3. The molecule has 6 aromatic carbocycles. The number of nitrogens with one attached hydrogen (secondary N) is 4. The largest absolute Gasteiger partial charge is 0.492 e. The fraction of sp³-hybridized carbons (Fsp3) is 0.351. The van der Waals surface area contributed by atoms with E-state index in [-0.39, 0.29) is 40.9 Å². The predicted molar refractivity (Wildman–Crippen MR) is 507 cm³/mol. The Balaban J connectivity index is 0.000000144. The number of nitrogens with two attached hydrogens (primary N) is 3. The number of nitrogens with zero attached hydrogens (tertiary/aromatic N) is 18. The molecule has 684 valence electrons. The van der Waals surface area contributed by atoms with E-state index in [1.165, 1.54) is 57.5 Å². The predicted octanol–water partition coefficient (Wildman–Crippen LogP) is 15.5. The van der Waals surface area contributed by atoms with Crippen molar-refractivity contribution in [2.75, 3.05) is 130 Å². The Hall–Kier alpha value is -14.6. The number of ether oxygens (including phenoxy) is 4. The Bertz CT molecular complexity index is 6460. The standard InChI is InChI=1S/C33H38N8O3.C32H37N9O3.C32H36N8O4/c1-33(2,3)27-19-24(39-44-27)20-28(42)37-23-9-11-25(12-10-23)41-32-29(31(34)35-21-36-32)30(38-41)22-7-13-26(14-8-22)43-18-17-40-15-5-4-6-16-40;1-32(2,3)25-19-26(39-44-25)37-31(42)36-22-8-7-9-23(18-22)41-30-27(29(33)34-20-35-30)28(38-41)21-10-12-24(13-11-21)43-17-16-40-14-5-4-6-15-40;1-32(2,3)26-18-23(38-44-26)19-27(41)36-22-7-9-24(10-8-22)40-31-28(30(33)34-20-35-31)29(37-40)21-5-4-6-25(17-21)43-16-13-39-11-14-42-15-12-39/h7-14,19,21H,4-6,15-18,20H2,1-3H3,(H,37,42)(H2,34,35,36);7-13,18-20H,4-6,14-17H2,1-3H3,(H2,33,34,35)(H2,36,37,39,42);4-10,17-18,20H,11-16,19H2,1-3H3,(H,36,41)(H2,33,34,35). The van der Waals surface area contributed by atoms with Crippen molar-refractivity contribution in [2.45, 2.75) is 130 Å². The SMILES string of the molecule is CC(C)(C)c1cc(CC(=O)Nc2ccc(-n3nc(-c4ccc(OCCN5CCCCC5)cc4)c4c(N)ncnc43)cc2)no1.CC(C)(C)c1cc(CC(=O)Nc2ccc(-n3nc(-c4cccc(OCCN5CCOCC5)c4)c4c(N)ncnc43)cc2)no1.CC(C)(C)c1cc(NC(=O)Nc2cccc(-n3nc(-c4ccc(OCCN5CCCCC5)cc4)c4c(N)ncnc43)c2)no1. The molecular formula is C97H111N25O10. The fourth-order valence-corrected chi connectivity index (χ4v) is 15.6. The lowest BCUT2D eigenvalue weighted by Gasteiger charge is -2.26. The van der Waals surface area contributed by atoms with E-state index in [0.29, 0.717) is 133 Å². The van der Waals surface area contributed by atoms with E-state index in [1.807, 2.05) is 208 Å². The Morgan fingerprint density at radius 3 is 1.21 bits per heavy atom. The third-order valence-corrected chi connectivity index (χ3v) is 22.8. The van der Waals surface area contributed by atoms with Crippen LogP contribution in [0.15, 0.2) is 196 Å². The monoisotopic (exact) mass is 1790 g/mol. The quantitative estimate of drug-likeness (QED) is 0.0265. The van der Waals surface area contributed by atoms with Gasteiger partial charge in [0.1, 0.15) is 108 Å². The molecule has 0 radical (unpaired) electrons. The number of aromatic nitrogens is 15. The van der Waals surface area contributed by atoms with Gasteiger partial charge in [0.2, 0.25) is 11.8 Å². The summed E-state index contributed by atoms with van der Waals surface area (Å²) in [4.78, 5) is 71.5. The molecule has 0 unspecified atom stereocenters. The van der Waals surface area contributed by atoms with Gasteiger partial charge in [-0.25, -0.2) is 48.7 Å². The van der Waals surface area contributed by atoms with Gasteiger partial charge in [-0.05, 0) is 179 Å². The Labute approximate surface area is 763 Å². The molecule has 18 rings (SSSR count). The zero-order chi connectivity index (χ0) is 92.0. The van der Waals surface area contributed by atoms with Gasteiger partial charge in [-0.2, -0.15) is 15.3 Å². The van der Waals surface area contributed by atoms with Crippen molar-refractivity contribution >= 4 is 91.3 Å². The molecule has 35 heteroatoms. The van der Waals surface area contributed by atoms with Crippen LogP contribution in [0, 0.1) is 0 Å². The van der Waals surface area contributed by atoms with Gasteiger partial charge < -0.3 is 65.7 Å². The van der Waals surface area contributed by atoms with Crippen LogP contribution in [0.5, 0.6) is 17.2 Å². The van der Waals surface area contributed by atoms with E-state index in [0.717, 1.165) is 129 Å². The first kappa shape index (κ1) is 90.8. The molecule has 10 N–H and O–H groups in total. The van der Waals surface area contributed by atoms with Gasteiger partial charge in [0.05, 0.1) is 70.7 Å². The van der Waals surface area contributed by atoms with Gasteiger partial charge in [-0.3, -0.25) is 29.6 Å². The zero-order valence-electron chi connectivity index (χ0n) is 75.7. The van der Waals surface area contributed by atoms with Crippen molar-refractivity contribution in [3.8, 4) is 68.1 Å². The number of likely N-dealkylation sites (tertiary alicyclic amines) is 2. The van der Waals surface area contributed by atoms with E-state index >= 15 is 0 Å². The number of fused-ring (bicyclic) bond motifs is 3. The van der Waals surface area contributed by atoms with Gasteiger partial charge in [-0.1, -0.05) is 109 Å². The second-order valence-corrected chi connectivity index (χ2v) is 35.9. The van der Waals surface area contributed by atoms with E-state index in [4.69, 9.17) is 65.0 Å². The van der Waals surface area contributed by atoms with Crippen LogP contribution in [-0.4, -0.2) is 199 Å². The van der Waals surface area contributed by atoms with Crippen molar-refractivity contribution in [2.24, 2.45) is 0 Å². The maximum absolute atomic E-state index is 12.7. The lowest BCUT2D eigenvalue weighted by molar-refractivity contribution is -0.116. The van der Waals surface area contributed by atoms with Gasteiger partial charge in [0.25, 0.3) is 0 Å². The van der Waals surface area contributed by atoms with Crippen LogP contribution in [0.3, 0.4) is 0 Å². The minimum Gasteiger partial charge on any atom is -0.492 e. The first-order valence-electron chi connectivity index (χ1n) is 44.5. The summed E-state index contributed by atoms with van der Waals surface area (Å²) in [6.45, 7) is 30.8. The van der Waals surface area contributed by atoms with Crippen molar-refractivity contribution in [1.29, 1.82) is 0 Å². The number of urea groups is 1. The lowest BCUT2D eigenvalue weighted by Crippen LogP contribution is -2.38. The highest BCUT2D eigenvalue weighted by Crippen LogP contribution is 2.39. The zero-order valence-corrected chi connectivity index (χ0v) is 75.7. The average Bonchev–Trinajstić information content (AvgIpc) is 1.62. The topological polar surface area (TPSA) is 433 Å². The fourth-order valence-electron chi connectivity index (χ4n) is 15.6. The molecule has 3 aliphatic heterocycles. The highest BCUT2D eigenvalue weighted by Gasteiger charge is 2.28. The number of carbonyl (C=O) groups is 3. The number of hydrogen-bond acceptors (Lipinski definition) is 28. The lowest BCUT2D eigenvalue weighted by atomic mass is 9.93. The minimum absolute atomic E-state index is 0.112. The highest BCUT2D eigenvalue weighted by molar-refractivity contribution is 6.03. The molecule has 0 atom stereocenters. The molecule has 0 bridgehead atoms. The van der Waals surface area contributed by atoms with Crippen molar-refractivity contribution in [3.05, 3.63) is 211 Å². The number of anilines is 7. The number of amides is 4. The van der Waals surface area contributed by atoms with Crippen LogP contribution in [0.1, 0.15) is 130 Å². The van der Waals surface area contributed by atoms with Crippen molar-refractivity contribution < 1.29 is 46.9 Å². The first-order chi connectivity index (χ1) is 63.7. The summed E-state index contributed by atoms with van der Waals surface area (Å²) in [6.07, 6.45) is 12.2. The first-order valence-corrected chi connectivity index (χ1v) is 44.5. The summed E-state index contributed by atoms with van der Waals surface area (Å²) in [5.41, 5.74) is 29.9. The molecule has 0 aliphatic carbocycles. The normalized spacial score (nSPS) is 14.1. The summed E-state index contributed by atoms with van der Waals surface area (Å²) in [5, 5.41) is 40.1. The number of hydrogen-bond donors (Lipinski definition) is 7. The Kier molecular flexibility index (Phi) is 27.9. The molecule has 12 heterocycles. The summed E-state index contributed by atoms with van der Waals surface area (Å²) < 4.78 is 44.9. The maximum atomic E-state index is 12.7. The van der Waals surface area contributed by atoms with Gasteiger partial charge >= 0.3 is 6.03 Å². The molecule has 15 aromatic rings. The van der Waals surface area contributed by atoms with E-state index in [9.17, 15) is 14.4 Å². The van der Waals surface area contributed by atoms with Crippen LogP contribution < -0.4 is 52.7 Å². The third kappa shape index (κ3) is 22.6. The molecule has 3 saturated heterocycles. The van der Waals surface area contributed by atoms with E-state index in [2.05, 4.69) is 81.3 Å². The molecule has 0 saturated carbocycles. The second-order valence-electron chi connectivity index (χ2n) is 35.9. The second kappa shape index (κ2) is 40.6. The third-order valence-electron chi connectivity index (χ3n) is 22.8. The number of nitrogen functional groups attached to an aromatic ring is 3. The van der Waals surface area contributed by atoms with Crippen LogP contribution >= 0.6 is 0 Å². The summed E-state index contributed by atoms with van der Waals surface area (Å²) in [5.74, 6) is 5.49. The van der Waals surface area contributed by atoms with Crippen molar-refractivity contribution in [3.63, 3.8) is 0 Å². The number of piperidine rings is 2. The van der Waals surface area contributed by atoms with E-state index < -0.39 is 6.03 Å². The van der Waals surface area contributed by atoms with Gasteiger partial charge in [0, 0.05) is 101 Å². The molecule has 0 spiro atoms. The van der Waals surface area contributed by atoms with Gasteiger partial charge in [-0.15, -0.1) is 0 Å². The van der Waals surface area contributed by atoms with Crippen LogP contribution in [-0.2, 0) is 43.4 Å². The molecular weight excluding hydrogens is 1680 g/mol. The van der Waals surface area contributed by atoms with Crippen LogP contribution in [0.25, 0.3) is 83.9 Å². The number of morpholine rings is 1. The highest BCUT2D eigenvalue weighted by atomic mass is 16.5.